The van der Waals surface area contributed by atoms with Crippen LogP contribution in [0.5, 0.6) is 5.75 Å². The SMILES string of the molecule is CCCCn1ccc(-c2ccc(OC)cc2)c(C(=O)OCC)c1=O. The topological polar surface area (TPSA) is 57.5 Å². The number of hydrogen-bond acceptors (Lipinski definition) is 4. The zero-order valence-electron chi connectivity index (χ0n) is 14.4. The highest BCUT2D eigenvalue weighted by molar-refractivity contribution is 5.96. The van der Waals surface area contributed by atoms with Crippen LogP contribution in [0.25, 0.3) is 11.1 Å². The van der Waals surface area contributed by atoms with Gasteiger partial charge in [-0.05, 0) is 37.1 Å². The summed E-state index contributed by atoms with van der Waals surface area (Å²) >= 11 is 0. The Kier molecular flexibility index (Phi) is 6.18. The number of aryl methyl sites for hydroxylation is 1. The molecule has 0 bridgehead atoms. The first-order chi connectivity index (χ1) is 11.6. The summed E-state index contributed by atoms with van der Waals surface area (Å²) in [6.45, 7) is 4.60. The molecule has 0 N–H and O–H groups in total. The van der Waals surface area contributed by atoms with Crippen molar-refractivity contribution < 1.29 is 14.3 Å². The Labute approximate surface area is 141 Å². The number of pyridine rings is 1. The Bertz CT molecular complexity index is 747. The molecule has 5 heteroatoms. The summed E-state index contributed by atoms with van der Waals surface area (Å²) < 4.78 is 11.8. The predicted molar refractivity (Wildman–Crippen MR) is 93.6 cm³/mol. The molecule has 0 amide bonds. The summed E-state index contributed by atoms with van der Waals surface area (Å²) in [4.78, 5) is 25.1. The zero-order chi connectivity index (χ0) is 17.5. The fourth-order valence-corrected chi connectivity index (χ4v) is 2.49. The summed E-state index contributed by atoms with van der Waals surface area (Å²) in [5, 5.41) is 0. The van der Waals surface area contributed by atoms with Gasteiger partial charge < -0.3 is 14.0 Å². The van der Waals surface area contributed by atoms with Crippen molar-refractivity contribution in [2.45, 2.75) is 33.2 Å². The monoisotopic (exact) mass is 329 g/mol. The van der Waals surface area contributed by atoms with Crippen LogP contribution in [-0.2, 0) is 11.3 Å². The summed E-state index contributed by atoms with van der Waals surface area (Å²) in [5.41, 5.74) is 1.13. The van der Waals surface area contributed by atoms with Gasteiger partial charge in [0.05, 0.1) is 13.7 Å². The molecule has 0 aliphatic carbocycles. The van der Waals surface area contributed by atoms with Crippen LogP contribution >= 0.6 is 0 Å². The van der Waals surface area contributed by atoms with Gasteiger partial charge in [-0.25, -0.2) is 4.79 Å². The average molecular weight is 329 g/mol. The number of benzene rings is 1. The molecule has 2 aromatic rings. The molecule has 1 heterocycles. The molecule has 0 aliphatic rings. The van der Waals surface area contributed by atoms with E-state index in [0.717, 1.165) is 18.4 Å². The maximum Gasteiger partial charge on any atom is 0.344 e. The summed E-state index contributed by atoms with van der Waals surface area (Å²) in [6, 6.07) is 9.05. The van der Waals surface area contributed by atoms with Crippen LogP contribution in [0.15, 0.2) is 41.3 Å². The Balaban J connectivity index is 2.54. The molecule has 0 atom stereocenters. The minimum absolute atomic E-state index is 0.0839. The fraction of sp³-hybridized carbons (Fsp3) is 0.368. The second kappa shape index (κ2) is 8.34. The van der Waals surface area contributed by atoms with E-state index in [0.29, 0.717) is 17.9 Å². The van der Waals surface area contributed by atoms with E-state index in [1.807, 2.05) is 12.1 Å². The first kappa shape index (κ1) is 17.8. The van der Waals surface area contributed by atoms with Crippen LogP contribution in [0, 0.1) is 0 Å². The van der Waals surface area contributed by atoms with Crippen LogP contribution in [0.2, 0.25) is 0 Å². The maximum atomic E-state index is 12.7. The number of esters is 1. The van der Waals surface area contributed by atoms with E-state index in [4.69, 9.17) is 9.47 Å². The van der Waals surface area contributed by atoms with Crippen LogP contribution < -0.4 is 10.3 Å². The molecular formula is C19H23NO4. The van der Waals surface area contributed by atoms with Gasteiger partial charge in [-0.1, -0.05) is 25.5 Å². The number of methoxy groups -OCH3 is 1. The lowest BCUT2D eigenvalue weighted by atomic mass is 10.0. The maximum absolute atomic E-state index is 12.7. The van der Waals surface area contributed by atoms with Gasteiger partial charge in [0.25, 0.3) is 5.56 Å². The highest BCUT2D eigenvalue weighted by atomic mass is 16.5. The largest absolute Gasteiger partial charge is 0.497 e. The third kappa shape index (κ3) is 3.85. The molecule has 0 aliphatic heterocycles. The molecule has 0 fully saturated rings. The average Bonchev–Trinajstić information content (AvgIpc) is 2.60. The van der Waals surface area contributed by atoms with Crippen molar-refractivity contribution in [3.8, 4) is 16.9 Å². The van der Waals surface area contributed by atoms with E-state index >= 15 is 0 Å². The van der Waals surface area contributed by atoms with Crippen molar-refractivity contribution in [3.63, 3.8) is 0 Å². The van der Waals surface area contributed by atoms with E-state index in [1.165, 1.54) is 0 Å². The number of carbonyl (C=O) groups is 1. The van der Waals surface area contributed by atoms with E-state index in [-0.39, 0.29) is 17.7 Å². The highest BCUT2D eigenvalue weighted by Gasteiger charge is 2.20. The van der Waals surface area contributed by atoms with Crippen molar-refractivity contribution >= 4 is 5.97 Å². The van der Waals surface area contributed by atoms with Crippen molar-refractivity contribution in [3.05, 3.63) is 52.4 Å². The molecule has 0 unspecified atom stereocenters. The van der Waals surface area contributed by atoms with Gasteiger partial charge in [-0.2, -0.15) is 0 Å². The van der Waals surface area contributed by atoms with Crippen molar-refractivity contribution in [2.24, 2.45) is 0 Å². The van der Waals surface area contributed by atoms with Crippen molar-refractivity contribution in [1.82, 2.24) is 4.57 Å². The Hall–Kier alpha value is -2.56. The number of hydrogen-bond donors (Lipinski definition) is 0. The van der Waals surface area contributed by atoms with Crippen molar-refractivity contribution in [1.29, 1.82) is 0 Å². The molecule has 128 valence electrons. The lowest BCUT2D eigenvalue weighted by molar-refractivity contribution is 0.0524. The van der Waals surface area contributed by atoms with Crippen molar-refractivity contribution in [2.75, 3.05) is 13.7 Å². The lowest BCUT2D eigenvalue weighted by Crippen LogP contribution is -2.28. The Morgan fingerprint density at radius 1 is 1.12 bits per heavy atom. The number of aromatic nitrogens is 1. The zero-order valence-corrected chi connectivity index (χ0v) is 14.4. The molecule has 0 spiro atoms. The molecule has 0 radical (unpaired) electrons. The predicted octanol–water partition coefficient (Wildman–Crippen LogP) is 3.50. The summed E-state index contributed by atoms with van der Waals surface area (Å²) in [5.74, 6) is 0.131. The summed E-state index contributed by atoms with van der Waals surface area (Å²) in [6.07, 6.45) is 3.59. The fourth-order valence-electron chi connectivity index (χ4n) is 2.49. The van der Waals surface area contributed by atoms with Gasteiger partial charge in [-0.15, -0.1) is 0 Å². The smallest absolute Gasteiger partial charge is 0.344 e. The lowest BCUT2D eigenvalue weighted by Gasteiger charge is -2.12. The second-order valence-corrected chi connectivity index (χ2v) is 5.41. The van der Waals surface area contributed by atoms with Gasteiger partial charge >= 0.3 is 5.97 Å². The first-order valence-corrected chi connectivity index (χ1v) is 8.17. The molecule has 1 aromatic heterocycles. The first-order valence-electron chi connectivity index (χ1n) is 8.17. The molecule has 5 nitrogen and oxygen atoms in total. The van der Waals surface area contributed by atoms with Crippen LogP contribution in [0.3, 0.4) is 0 Å². The third-order valence-corrected chi connectivity index (χ3v) is 3.80. The van der Waals surface area contributed by atoms with E-state index in [9.17, 15) is 9.59 Å². The molecule has 0 saturated heterocycles. The van der Waals surface area contributed by atoms with E-state index < -0.39 is 5.97 Å². The quantitative estimate of drug-likeness (QED) is 0.730. The minimum atomic E-state index is -0.584. The van der Waals surface area contributed by atoms with Crippen LogP contribution in [0.1, 0.15) is 37.0 Å². The number of rotatable bonds is 7. The molecule has 0 saturated carbocycles. The van der Waals surface area contributed by atoms with Gasteiger partial charge in [0.15, 0.2) is 0 Å². The second-order valence-electron chi connectivity index (χ2n) is 5.41. The van der Waals surface area contributed by atoms with E-state index in [2.05, 4.69) is 6.92 Å². The van der Waals surface area contributed by atoms with Gasteiger partial charge in [0, 0.05) is 18.3 Å². The third-order valence-electron chi connectivity index (χ3n) is 3.80. The normalized spacial score (nSPS) is 10.5. The molecule has 24 heavy (non-hydrogen) atoms. The number of unbranched alkanes of at least 4 members (excludes halogenated alkanes) is 1. The Morgan fingerprint density at radius 2 is 1.83 bits per heavy atom. The molecule has 2 rings (SSSR count). The number of carbonyl (C=O) groups excluding carboxylic acids is 1. The van der Waals surface area contributed by atoms with Crippen LogP contribution in [0.4, 0.5) is 0 Å². The Morgan fingerprint density at radius 3 is 2.42 bits per heavy atom. The van der Waals surface area contributed by atoms with Crippen LogP contribution in [-0.4, -0.2) is 24.3 Å². The highest BCUT2D eigenvalue weighted by Crippen LogP contribution is 2.24. The van der Waals surface area contributed by atoms with Gasteiger partial charge in [-0.3, -0.25) is 4.79 Å². The minimum Gasteiger partial charge on any atom is -0.497 e. The number of nitrogens with zero attached hydrogens (tertiary/aromatic N) is 1. The van der Waals surface area contributed by atoms with Gasteiger partial charge in [0.1, 0.15) is 11.3 Å². The molecular weight excluding hydrogens is 306 g/mol. The standard InChI is InChI=1S/C19H23NO4/c1-4-6-12-20-13-11-16(14-7-9-15(23-3)10-8-14)17(18(20)21)19(22)24-5-2/h7-11,13H,4-6,12H2,1-3H3. The number of ether oxygens (including phenoxy) is 2. The van der Waals surface area contributed by atoms with Gasteiger partial charge in [0.2, 0.25) is 0 Å². The van der Waals surface area contributed by atoms with E-state index in [1.54, 1.807) is 43.0 Å². The molecule has 1 aromatic carbocycles. The summed E-state index contributed by atoms with van der Waals surface area (Å²) in [7, 11) is 1.59.